The molecule has 1 N–H and O–H groups in total. The van der Waals surface area contributed by atoms with Crippen molar-refractivity contribution in [3.8, 4) is 5.75 Å². The molecule has 0 aliphatic carbocycles. The fraction of sp³-hybridized carbons (Fsp3) is 0.250. The number of hydrogen-bond donors (Lipinski definition) is 1. The molecule has 146 valence electrons. The molecular weight excluding hydrogens is 398 g/mol. The zero-order chi connectivity index (χ0) is 20.1. The van der Waals surface area contributed by atoms with Crippen LogP contribution < -0.4 is 10.1 Å². The van der Waals surface area contributed by atoms with Gasteiger partial charge in [-0.3, -0.25) is 14.5 Å². The Morgan fingerprint density at radius 3 is 2.79 bits per heavy atom. The number of benzene rings is 2. The summed E-state index contributed by atoms with van der Waals surface area (Å²) in [6, 6.07) is 14.2. The van der Waals surface area contributed by atoms with Crippen LogP contribution in [0.4, 0.5) is 11.4 Å². The number of rotatable bonds is 6. The molecule has 2 aromatic carbocycles. The zero-order valence-corrected chi connectivity index (χ0v) is 17.1. The maximum atomic E-state index is 12.7. The average Bonchev–Trinajstić information content (AvgIpc) is 2.96. The van der Waals surface area contributed by atoms with Crippen LogP contribution in [0.25, 0.3) is 0 Å². The summed E-state index contributed by atoms with van der Waals surface area (Å²) in [5, 5.41) is 3.45. The van der Waals surface area contributed by atoms with Crippen LogP contribution in [-0.2, 0) is 9.59 Å². The highest BCUT2D eigenvalue weighted by Crippen LogP contribution is 2.32. The van der Waals surface area contributed by atoms with Crippen molar-refractivity contribution in [1.29, 1.82) is 0 Å². The summed E-state index contributed by atoms with van der Waals surface area (Å²) >= 11 is 7.30. The van der Waals surface area contributed by atoms with Crippen molar-refractivity contribution in [3.05, 3.63) is 53.6 Å². The van der Waals surface area contributed by atoms with Crippen molar-refractivity contribution in [3.63, 3.8) is 0 Å². The van der Waals surface area contributed by atoms with Gasteiger partial charge in [-0.1, -0.05) is 35.5 Å². The molecule has 28 heavy (non-hydrogen) atoms. The molecule has 2 amide bonds. The Hall–Kier alpha value is -2.51. The van der Waals surface area contributed by atoms with Gasteiger partial charge in [-0.15, -0.1) is 0 Å². The molecule has 0 spiro atoms. The highest BCUT2D eigenvalue weighted by molar-refractivity contribution is 8.15. The van der Waals surface area contributed by atoms with E-state index in [1.54, 1.807) is 54.5 Å². The molecule has 6 nitrogen and oxygen atoms in total. The minimum atomic E-state index is -0.511. The second-order valence-electron chi connectivity index (χ2n) is 6.05. The number of anilines is 1. The number of nitrogens with one attached hydrogen (secondary N) is 1. The van der Waals surface area contributed by atoms with Crippen molar-refractivity contribution in [2.45, 2.75) is 18.6 Å². The molecule has 1 heterocycles. The predicted molar refractivity (Wildman–Crippen MR) is 114 cm³/mol. The Morgan fingerprint density at radius 1 is 1.29 bits per heavy atom. The number of aliphatic imine (C=N–C) groups is 1. The minimum absolute atomic E-state index is 0.0613. The first-order valence-corrected chi connectivity index (χ1v) is 10.0. The van der Waals surface area contributed by atoms with E-state index in [2.05, 4.69) is 10.3 Å². The first-order valence-electron chi connectivity index (χ1n) is 8.76. The van der Waals surface area contributed by atoms with Gasteiger partial charge in [0.1, 0.15) is 11.0 Å². The van der Waals surface area contributed by atoms with E-state index in [4.69, 9.17) is 16.3 Å². The molecule has 0 unspecified atom stereocenters. The third-order valence-corrected chi connectivity index (χ3v) is 5.50. The van der Waals surface area contributed by atoms with Crippen LogP contribution in [0.2, 0.25) is 5.02 Å². The first kappa shape index (κ1) is 20.2. The maximum absolute atomic E-state index is 12.7. The van der Waals surface area contributed by atoms with Crippen molar-refractivity contribution in [2.75, 3.05) is 19.0 Å². The Balaban J connectivity index is 1.70. The van der Waals surface area contributed by atoms with E-state index in [0.717, 1.165) is 0 Å². The molecule has 0 saturated carbocycles. The molecule has 8 heteroatoms. The van der Waals surface area contributed by atoms with Crippen LogP contribution >= 0.6 is 23.4 Å². The molecule has 0 radical (unpaired) electrons. The summed E-state index contributed by atoms with van der Waals surface area (Å²) in [5.74, 6) is 0.297. The lowest BCUT2D eigenvalue weighted by Crippen LogP contribution is -2.33. The molecular formula is C20H20ClN3O3S. The number of amides is 2. The fourth-order valence-corrected chi connectivity index (χ4v) is 4.16. The number of methoxy groups -OCH3 is 1. The van der Waals surface area contributed by atoms with Gasteiger partial charge in [-0.25, -0.2) is 4.99 Å². The highest BCUT2D eigenvalue weighted by atomic mass is 35.5. The number of ether oxygens (including phenoxy) is 1. The molecule has 1 saturated heterocycles. The normalized spacial score (nSPS) is 17.8. The number of thioether (sulfide) groups is 1. The lowest BCUT2D eigenvalue weighted by atomic mass is 10.2. The number of carbonyl (C=O) groups excluding carboxylic acids is 2. The van der Waals surface area contributed by atoms with Gasteiger partial charge in [0.05, 0.1) is 12.8 Å². The number of halogens is 1. The molecule has 3 rings (SSSR count). The van der Waals surface area contributed by atoms with E-state index >= 15 is 0 Å². The van der Waals surface area contributed by atoms with Crippen molar-refractivity contribution in [1.82, 2.24) is 4.90 Å². The van der Waals surface area contributed by atoms with Crippen molar-refractivity contribution in [2.24, 2.45) is 4.99 Å². The van der Waals surface area contributed by atoms with Gasteiger partial charge in [-0.05, 0) is 37.3 Å². The quantitative estimate of drug-likeness (QED) is 0.759. The Morgan fingerprint density at radius 2 is 2.07 bits per heavy atom. The lowest BCUT2D eigenvalue weighted by Gasteiger charge is -2.13. The van der Waals surface area contributed by atoms with Crippen LogP contribution in [0.5, 0.6) is 5.75 Å². The van der Waals surface area contributed by atoms with Crippen molar-refractivity contribution < 1.29 is 14.3 Å². The summed E-state index contributed by atoms with van der Waals surface area (Å²) in [5.41, 5.74) is 1.29. The van der Waals surface area contributed by atoms with E-state index in [9.17, 15) is 9.59 Å². The zero-order valence-electron chi connectivity index (χ0n) is 15.5. The van der Waals surface area contributed by atoms with Crippen LogP contribution in [0.15, 0.2) is 53.5 Å². The standard InChI is InChI=1S/C20H20ClN3O3S/c1-3-24-19(26)17(28-20(24)23-14-7-4-6-13(21)10-14)12-18(25)22-15-8-5-9-16(11-15)27-2/h4-11,17H,3,12H2,1-2H3,(H,22,25)/t17-/m1/s1. The topological polar surface area (TPSA) is 71.0 Å². The van der Waals surface area contributed by atoms with Crippen LogP contribution in [0, 0.1) is 0 Å². The summed E-state index contributed by atoms with van der Waals surface area (Å²) < 4.78 is 5.15. The molecule has 2 aromatic rings. The van der Waals surface area contributed by atoms with E-state index in [1.165, 1.54) is 11.8 Å². The summed E-state index contributed by atoms with van der Waals surface area (Å²) in [7, 11) is 1.56. The van der Waals surface area contributed by atoms with E-state index in [-0.39, 0.29) is 18.2 Å². The van der Waals surface area contributed by atoms with Gasteiger partial charge < -0.3 is 10.1 Å². The molecule has 0 bridgehead atoms. The van der Waals surface area contributed by atoms with Crippen LogP contribution in [0.1, 0.15) is 13.3 Å². The second-order valence-corrected chi connectivity index (χ2v) is 7.65. The number of carbonyl (C=O) groups is 2. The third kappa shape index (κ3) is 4.85. The second kappa shape index (κ2) is 9.12. The first-order chi connectivity index (χ1) is 13.5. The molecule has 0 aromatic heterocycles. The van der Waals surface area contributed by atoms with E-state index in [0.29, 0.717) is 33.9 Å². The number of hydrogen-bond acceptors (Lipinski definition) is 5. The molecule has 1 aliphatic rings. The monoisotopic (exact) mass is 417 g/mol. The molecule has 1 atom stereocenters. The highest BCUT2D eigenvalue weighted by Gasteiger charge is 2.38. The van der Waals surface area contributed by atoms with Gasteiger partial charge in [0, 0.05) is 29.7 Å². The fourth-order valence-electron chi connectivity index (χ4n) is 2.75. The van der Waals surface area contributed by atoms with Gasteiger partial charge in [-0.2, -0.15) is 0 Å². The van der Waals surface area contributed by atoms with Gasteiger partial charge in [0.15, 0.2) is 5.17 Å². The Bertz CT molecular complexity index is 919. The summed E-state index contributed by atoms with van der Waals surface area (Å²) in [6.07, 6.45) is 0.0613. The van der Waals surface area contributed by atoms with Crippen LogP contribution in [-0.4, -0.2) is 40.8 Å². The smallest absolute Gasteiger partial charge is 0.242 e. The number of amidine groups is 1. The number of nitrogens with zero attached hydrogens (tertiary/aromatic N) is 2. The largest absolute Gasteiger partial charge is 0.497 e. The van der Waals surface area contributed by atoms with Gasteiger partial charge in [0.2, 0.25) is 11.8 Å². The van der Waals surface area contributed by atoms with E-state index < -0.39 is 5.25 Å². The van der Waals surface area contributed by atoms with Gasteiger partial charge >= 0.3 is 0 Å². The minimum Gasteiger partial charge on any atom is -0.497 e. The molecule has 1 fully saturated rings. The van der Waals surface area contributed by atoms with Crippen LogP contribution in [0.3, 0.4) is 0 Å². The SMILES string of the molecule is CCN1C(=O)[C@@H](CC(=O)Nc2cccc(OC)c2)SC1=Nc1cccc(Cl)c1. The average molecular weight is 418 g/mol. The van der Waals surface area contributed by atoms with Gasteiger partial charge in [0.25, 0.3) is 0 Å². The Labute approximate surface area is 172 Å². The molecule has 1 aliphatic heterocycles. The lowest BCUT2D eigenvalue weighted by molar-refractivity contribution is -0.128. The summed E-state index contributed by atoms with van der Waals surface area (Å²) in [6.45, 7) is 2.36. The van der Waals surface area contributed by atoms with E-state index in [1.807, 2.05) is 13.0 Å². The summed E-state index contributed by atoms with van der Waals surface area (Å²) in [4.78, 5) is 31.2. The third-order valence-electron chi connectivity index (χ3n) is 4.09. The Kier molecular flexibility index (Phi) is 6.59. The predicted octanol–water partition coefficient (Wildman–Crippen LogP) is 4.33. The van der Waals surface area contributed by atoms with Crippen molar-refractivity contribution >= 4 is 51.7 Å². The maximum Gasteiger partial charge on any atom is 0.242 e.